The zero-order valence-electron chi connectivity index (χ0n) is 23.0. The lowest BCUT2D eigenvalue weighted by Crippen LogP contribution is -2.45. The molecule has 2 amide bonds. The molecule has 13 nitrogen and oxygen atoms in total. The van der Waals surface area contributed by atoms with Crippen LogP contribution in [0.1, 0.15) is 57.6 Å². The topological polar surface area (TPSA) is 168 Å². The van der Waals surface area contributed by atoms with Crippen molar-refractivity contribution in [3.05, 3.63) is 57.6 Å². The van der Waals surface area contributed by atoms with Crippen molar-refractivity contribution in [2.24, 2.45) is 10.2 Å². The minimum absolute atomic E-state index is 0.00155. The number of carbonyl (C=O) groups excluding carboxylic acids is 3. The van der Waals surface area contributed by atoms with Crippen molar-refractivity contribution in [1.29, 1.82) is 5.26 Å². The number of methoxy groups -OCH3 is 1. The lowest BCUT2D eigenvalue weighted by atomic mass is 9.88. The highest BCUT2D eigenvalue weighted by atomic mass is 16.7. The number of benzene rings is 2. The molecule has 2 aromatic carbocycles. The van der Waals surface area contributed by atoms with E-state index < -0.39 is 28.2 Å². The quantitative estimate of drug-likeness (QED) is 0.171. The zero-order valence-corrected chi connectivity index (χ0v) is 23.0. The summed E-state index contributed by atoms with van der Waals surface area (Å²) in [6.45, 7) is 6.50. The van der Waals surface area contributed by atoms with Crippen LogP contribution in [-0.4, -0.2) is 47.0 Å². The van der Waals surface area contributed by atoms with Gasteiger partial charge in [0.05, 0.1) is 23.1 Å². The van der Waals surface area contributed by atoms with Crippen LogP contribution < -0.4 is 9.64 Å². The number of amides is 2. The molecule has 0 saturated carbocycles. The Morgan fingerprint density at radius 2 is 1.83 bits per heavy atom. The van der Waals surface area contributed by atoms with E-state index in [0.717, 1.165) is 22.9 Å². The van der Waals surface area contributed by atoms with Crippen molar-refractivity contribution in [3.8, 4) is 11.8 Å². The highest BCUT2D eigenvalue weighted by Crippen LogP contribution is 2.45. The number of non-ortho nitro benzene ring substituents is 1. The summed E-state index contributed by atoms with van der Waals surface area (Å²) < 4.78 is 5.60. The molecule has 0 radical (unpaired) electrons. The number of hydrogen-bond acceptors (Lipinski definition) is 11. The minimum atomic E-state index is -0.660. The number of nitro benzene ring substituents is 1. The predicted molar refractivity (Wildman–Crippen MR) is 146 cm³/mol. The van der Waals surface area contributed by atoms with Crippen molar-refractivity contribution in [3.63, 3.8) is 0 Å². The van der Waals surface area contributed by atoms with Gasteiger partial charge in [0.25, 0.3) is 17.5 Å². The van der Waals surface area contributed by atoms with Crippen LogP contribution >= 0.6 is 0 Å². The maximum atomic E-state index is 12.3. The molecule has 0 spiro atoms. The van der Waals surface area contributed by atoms with Crippen LogP contribution in [0.15, 0.2) is 46.6 Å². The highest BCUT2D eigenvalue weighted by molar-refractivity contribution is 6.01. The molecule has 2 aliphatic heterocycles. The Labute approximate surface area is 235 Å². The summed E-state index contributed by atoms with van der Waals surface area (Å²) in [5.41, 5.74) is 2.63. The number of rotatable bonds is 9. The van der Waals surface area contributed by atoms with E-state index in [0.29, 0.717) is 29.5 Å². The lowest BCUT2D eigenvalue weighted by Gasteiger charge is -2.43. The van der Waals surface area contributed by atoms with Crippen molar-refractivity contribution < 1.29 is 28.9 Å². The average Bonchev–Trinajstić information content (AvgIpc) is 3.24. The number of hydroxylamine groups is 2. The predicted octanol–water partition coefficient (Wildman–Crippen LogP) is 5.28. The van der Waals surface area contributed by atoms with Gasteiger partial charge in [0, 0.05) is 55.3 Å². The first-order chi connectivity index (χ1) is 19.4. The summed E-state index contributed by atoms with van der Waals surface area (Å²) in [4.78, 5) is 53.3. The third-order valence-corrected chi connectivity index (χ3v) is 6.82. The molecule has 0 atom stereocenters. The van der Waals surface area contributed by atoms with E-state index in [1.54, 1.807) is 0 Å². The van der Waals surface area contributed by atoms with Crippen molar-refractivity contribution in [2.75, 3.05) is 18.6 Å². The smallest absolute Gasteiger partial charge is 0.333 e. The zero-order chi connectivity index (χ0) is 29.9. The van der Waals surface area contributed by atoms with E-state index in [1.165, 1.54) is 19.2 Å². The molecule has 2 heterocycles. The van der Waals surface area contributed by atoms with Gasteiger partial charge >= 0.3 is 5.97 Å². The number of imide groups is 1. The molecular weight excluding hydrogens is 532 g/mol. The fourth-order valence-corrected chi connectivity index (χ4v) is 4.85. The Hall–Kier alpha value is -5.12. The summed E-state index contributed by atoms with van der Waals surface area (Å²) in [6.07, 6.45) is 2.56. The maximum Gasteiger partial charge on any atom is 0.333 e. The Balaban J connectivity index is 1.57. The summed E-state index contributed by atoms with van der Waals surface area (Å²) in [6, 6.07) is 9.29. The molecule has 0 aliphatic carbocycles. The fourth-order valence-electron chi connectivity index (χ4n) is 4.85. The van der Waals surface area contributed by atoms with E-state index in [9.17, 15) is 29.8 Å². The minimum Gasteiger partial charge on any atom is -0.494 e. The first kappa shape index (κ1) is 28.9. The number of azo groups is 1. The number of hydrogen-bond donors (Lipinski definition) is 0. The van der Waals surface area contributed by atoms with Gasteiger partial charge in [-0.1, -0.05) is 6.08 Å². The molecule has 0 bridgehead atoms. The molecular formula is C28H28N6O7. The number of ether oxygens (including phenoxy) is 1. The summed E-state index contributed by atoms with van der Waals surface area (Å²) in [7, 11) is 1.49. The van der Waals surface area contributed by atoms with Gasteiger partial charge in [0.15, 0.2) is 0 Å². The number of nitriles is 1. The van der Waals surface area contributed by atoms with Crippen LogP contribution in [0.5, 0.6) is 5.75 Å². The monoisotopic (exact) mass is 560 g/mol. The molecule has 13 heteroatoms. The molecule has 1 saturated heterocycles. The molecule has 0 unspecified atom stereocenters. The van der Waals surface area contributed by atoms with Crippen LogP contribution in [0.25, 0.3) is 5.57 Å². The second kappa shape index (κ2) is 11.5. The summed E-state index contributed by atoms with van der Waals surface area (Å²) >= 11 is 0. The Morgan fingerprint density at radius 1 is 1.15 bits per heavy atom. The fraction of sp³-hybridized carbons (Fsp3) is 0.357. The van der Waals surface area contributed by atoms with Crippen molar-refractivity contribution in [2.45, 2.75) is 52.0 Å². The average molecular weight is 561 g/mol. The number of nitro groups is 1. The number of anilines is 1. The lowest BCUT2D eigenvalue weighted by molar-refractivity contribution is -0.384. The van der Waals surface area contributed by atoms with E-state index in [2.05, 4.69) is 21.2 Å². The van der Waals surface area contributed by atoms with Gasteiger partial charge < -0.3 is 14.5 Å². The molecule has 0 aromatic heterocycles. The van der Waals surface area contributed by atoms with Gasteiger partial charge in [0.2, 0.25) is 0 Å². The normalized spacial score (nSPS) is 15.9. The molecule has 2 aliphatic rings. The second-order valence-electron chi connectivity index (χ2n) is 10.1. The molecule has 41 heavy (non-hydrogen) atoms. The van der Waals surface area contributed by atoms with Crippen LogP contribution in [0.3, 0.4) is 0 Å². The Bertz CT molecular complexity index is 1520. The summed E-state index contributed by atoms with van der Waals surface area (Å²) in [5, 5.41) is 29.5. The SMILES string of the molecule is COc1cc2c(cc1N=Nc1ccc([N+](=O)[O-])cc1C#N)C(C)=CC(C)(C)N2CCCC(=O)ON1C(=O)CCC1=O. The Morgan fingerprint density at radius 3 is 2.46 bits per heavy atom. The molecule has 4 rings (SSSR count). The van der Waals surface area contributed by atoms with Gasteiger partial charge in [-0.3, -0.25) is 19.7 Å². The third kappa shape index (κ3) is 6.06. The van der Waals surface area contributed by atoms with E-state index in [-0.39, 0.29) is 36.2 Å². The first-order valence-electron chi connectivity index (χ1n) is 12.8. The highest BCUT2D eigenvalue weighted by Gasteiger charge is 2.34. The van der Waals surface area contributed by atoms with Crippen molar-refractivity contribution >= 4 is 46.1 Å². The third-order valence-electron chi connectivity index (χ3n) is 6.82. The first-order valence-corrected chi connectivity index (χ1v) is 12.8. The van der Waals surface area contributed by atoms with Crippen LogP contribution in [-0.2, 0) is 19.2 Å². The number of nitrogens with zero attached hydrogens (tertiary/aromatic N) is 6. The maximum absolute atomic E-state index is 12.3. The van der Waals surface area contributed by atoms with E-state index >= 15 is 0 Å². The Kier molecular flexibility index (Phi) is 8.13. The van der Waals surface area contributed by atoms with Gasteiger partial charge in [-0.05, 0) is 44.9 Å². The van der Waals surface area contributed by atoms with Crippen LogP contribution in [0, 0.1) is 21.4 Å². The van der Waals surface area contributed by atoms with Gasteiger partial charge in [0.1, 0.15) is 23.2 Å². The van der Waals surface area contributed by atoms with E-state index in [1.807, 2.05) is 39.0 Å². The number of carbonyl (C=O) groups is 3. The van der Waals surface area contributed by atoms with Crippen molar-refractivity contribution in [1.82, 2.24) is 5.06 Å². The molecule has 212 valence electrons. The standard InChI is InChI=1S/C28H28N6O7/c1-17-15-28(2,3)32(11-5-6-27(37)41-33-25(35)9-10-26(33)36)23-14-24(40-4)22(13-20(17)23)31-30-21-8-7-19(34(38)39)12-18(21)16-29/h7-8,12-15H,5-6,9-11H2,1-4H3. The van der Waals surface area contributed by atoms with E-state index in [4.69, 9.17) is 9.57 Å². The number of fused-ring (bicyclic) bond motifs is 1. The van der Waals surface area contributed by atoms with Gasteiger partial charge in [-0.25, -0.2) is 4.79 Å². The van der Waals surface area contributed by atoms with Crippen LogP contribution in [0.4, 0.5) is 22.7 Å². The summed E-state index contributed by atoms with van der Waals surface area (Å²) in [5.74, 6) is -1.29. The largest absolute Gasteiger partial charge is 0.494 e. The molecule has 2 aromatic rings. The van der Waals surface area contributed by atoms with Crippen LogP contribution in [0.2, 0.25) is 0 Å². The van der Waals surface area contributed by atoms with Gasteiger partial charge in [-0.15, -0.1) is 15.3 Å². The second-order valence-corrected chi connectivity index (χ2v) is 10.1. The molecule has 1 fully saturated rings. The number of allylic oxidation sites excluding steroid dienone is 1. The van der Waals surface area contributed by atoms with Gasteiger partial charge in [-0.2, -0.15) is 5.26 Å². The molecule has 0 N–H and O–H groups in total.